The Balaban J connectivity index is 1.22. The van der Waals surface area contributed by atoms with Crippen LogP contribution in [0.4, 0.5) is 0 Å². The van der Waals surface area contributed by atoms with Crippen molar-refractivity contribution < 1.29 is 11.0 Å². The molecule has 0 fully saturated rings. The molecule has 0 aliphatic carbocycles. The van der Waals surface area contributed by atoms with Gasteiger partial charge in [0.05, 0.1) is 38.7 Å². The number of aromatic nitrogens is 5. The number of fused-ring (bicyclic) bond motifs is 9. The lowest BCUT2D eigenvalue weighted by molar-refractivity contribution is 1.06. The van der Waals surface area contributed by atoms with Crippen LogP contribution < -0.4 is 0 Å². The van der Waals surface area contributed by atoms with Gasteiger partial charge in [-0.3, -0.25) is 0 Å². The van der Waals surface area contributed by atoms with Crippen molar-refractivity contribution in [2.24, 2.45) is 0 Å². The SMILES string of the molecule is [2H]c1cc([2H])c2c(c1[2H])c1c([2H])c3c4c([2H])c([2H])cc([2H])c4n(-c4ccc(-c5cccc6c5sc5ccccc56)cc4-c4nc(-c5ccccc5)nc(-c5ccccc5)n4)c3c([2H])c1n2-c1ccccc1. The zero-order valence-corrected chi connectivity index (χ0v) is 34.0. The minimum absolute atomic E-state index is 0.0508. The maximum atomic E-state index is 10.4. The number of rotatable bonds is 6. The molecule has 0 amide bonds. The normalized spacial score (nSPS) is 13.6. The summed E-state index contributed by atoms with van der Waals surface area (Å²) in [6, 6.07) is 50.4. The van der Waals surface area contributed by atoms with Crippen LogP contribution in [0.25, 0.3) is 120 Å². The largest absolute Gasteiger partial charge is 0.309 e. The van der Waals surface area contributed by atoms with Gasteiger partial charge < -0.3 is 9.13 Å². The lowest BCUT2D eigenvalue weighted by Crippen LogP contribution is -2.04. The zero-order chi connectivity index (χ0) is 48.4. The van der Waals surface area contributed by atoms with E-state index in [0.717, 1.165) is 42.4 Å². The first-order valence-electron chi connectivity index (χ1n) is 24.5. The molecule has 0 unspecified atom stereocenters. The van der Waals surface area contributed by atoms with E-state index in [0.29, 0.717) is 34.4 Å². The highest BCUT2D eigenvalue weighted by Crippen LogP contribution is 2.44. The monoisotopic (exact) mass is 829 g/mol. The molecule has 4 heterocycles. The molecule has 0 N–H and O–H groups in total. The molecule has 0 atom stereocenters. The molecule has 0 bridgehead atoms. The predicted molar refractivity (Wildman–Crippen MR) is 263 cm³/mol. The summed E-state index contributed by atoms with van der Waals surface area (Å²) in [5.74, 6) is 1.13. The van der Waals surface area contributed by atoms with E-state index in [1.807, 2.05) is 121 Å². The Morgan fingerprint density at radius 2 is 0.984 bits per heavy atom. The van der Waals surface area contributed by atoms with Crippen LogP contribution in [0.15, 0.2) is 212 Å². The second kappa shape index (κ2) is 14.2. The van der Waals surface area contributed by atoms with Crippen LogP contribution in [-0.2, 0) is 0 Å². The van der Waals surface area contributed by atoms with Crippen molar-refractivity contribution in [3.8, 4) is 56.7 Å². The van der Waals surface area contributed by atoms with E-state index in [9.17, 15) is 8.22 Å². The Hall–Kier alpha value is -8.19. The highest BCUT2D eigenvalue weighted by Gasteiger charge is 2.23. The fourth-order valence-corrected chi connectivity index (χ4v) is 10.1. The van der Waals surface area contributed by atoms with Crippen molar-refractivity contribution in [3.05, 3.63) is 212 Å². The second-order valence-corrected chi connectivity index (χ2v) is 16.4. The molecule has 6 heteroatoms. The Labute approximate surface area is 377 Å². The van der Waals surface area contributed by atoms with E-state index in [4.69, 9.17) is 17.7 Å². The van der Waals surface area contributed by atoms with Gasteiger partial charge in [0.2, 0.25) is 0 Å². The van der Waals surface area contributed by atoms with Crippen LogP contribution in [0, 0.1) is 0 Å². The van der Waals surface area contributed by atoms with Crippen molar-refractivity contribution >= 4 is 75.1 Å². The van der Waals surface area contributed by atoms with Crippen LogP contribution in [0.2, 0.25) is 0 Å². The van der Waals surface area contributed by atoms with Gasteiger partial charge in [-0.25, -0.2) is 15.0 Å². The van der Waals surface area contributed by atoms with Gasteiger partial charge in [-0.15, -0.1) is 11.3 Å². The maximum absolute atomic E-state index is 10.4. The third kappa shape index (κ3) is 5.66. The standard InChI is InChI=1S/C57H35N5S/c1-4-17-36(18-5-1)55-58-56(37-19-6-2-7-20-37)60-57(59-55)47-33-38(40-26-16-27-44-43-25-12-15-30-53(43)63-54(40)44)31-32-50(47)62-49-29-14-11-24-42(49)46-34-45-41-23-10-13-28-48(41)61(51(45)35-52(46)62)39-21-8-3-9-22-39/h1-35H/i10D,11D,23D,24D,28D,29D,34D,35D. The van der Waals surface area contributed by atoms with Gasteiger partial charge >= 0.3 is 0 Å². The Morgan fingerprint density at radius 1 is 0.397 bits per heavy atom. The summed E-state index contributed by atoms with van der Waals surface area (Å²) in [7, 11) is 0. The molecule has 13 aromatic rings. The fourth-order valence-electron chi connectivity index (χ4n) is 8.86. The highest BCUT2D eigenvalue weighted by atomic mass is 32.1. The maximum Gasteiger partial charge on any atom is 0.166 e. The Kier molecular flexibility index (Phi) is 6.39. The van der Waals surface area contributed by atoms with E-state index in [-0.39, 0.29) is 92.0 Å². The summed E-state index contributed by atoms with van der Waals surface area (Å²) >= 11 is 1.71. The molecule has 9 aromatic carbocycles. The van der Waals surface area contributed by atoms with Crippen LogP contribution in [-0.4, -0.2) is 24.1 Å². The highest BCUT2D eigenvalue weighted by molar-refractivity contribution is 7.26. The van der Waals surface area contributed by atoms with Crippen molar-refractivity contribution in [2.45, 2.75) is 0 Å². The molecule has 0 radical (unpaired) electrons. The summed E-state index contributed by atoms with van der Waals surface area (Å²) in [5, 5.41) is 2.85. The third-order valence-corrected chi connectivity index (χ3v) is 12.9. The molecule has 5 nitrogen and oxygen atoms in total. The van der Waals surface area contributed by atoms with Gasteiger partial charge in [0, 0.05) is 64.1 Å². The smallest absolute Gasteiger partial charge is 0.166 e. The minimum atomic E-state index is -0.236. The third-order valence-electron chi connectivity index (χ3n) is 11.7. The van der Waals surface area contributed by atoms with E-state index < -0.39 is 0 Å². The molecular formula is C57H35N5S. The molecule has 63 heavy (non-hydrogen) atoms. The van der Waals surface area contributed by atoms with E-state index >= 15 is 0 Å². The summed E-state index contributed by atoms with van der Waals surface area (Å²) in [6.45, 7) is 0. The number of thiophene rings is 1. The molecule has 0 aliphatic rings. The van der Waals surface area contributed by atoms with Gasteiger partial charge in [0.25, 0.3) is 0 Å². The van der Waals surface area contributed by atoms with E-state index in [1.165, 1.54) is 12.1 Å². The molecule has 0 aliphatic heterocycles. The fraction of sp³-hybridized carbons (Fsp3) is 0. The van der Waals surface area contributed by atoms with Crippen molar-refractivity contribution in [2.75, 3.05) is 0 Å². The predicted octanol–water partition coefficient (Wildman–Crippen LogP) is 15.1. The van der Waals surface area contributed by atoms with Gasteiger partial charge in [-0.2, -0.15) is 0 Å². The average Bonchev–Trinajstić information content (AvgIpc) is 4.10. The summed E-state index contributed by atoms with van der Waals surface area (Å²) < 4.78 is 81.6. The molecule has 0 saturated heterocycles. The van der Waals surface area contributed by atoms with E-state index in [1.54, 1.807) is 20.5 Å². The first-order valence-corrected chi connectivity index (χ1v) is 21.4. The minimum Gasteiger partial charge on any atom is -0.309 e. The Morgan fingerprint density at radius 3 is 1.68 bits per heavy atom. The van der Waals surface area contributed by atoms with Crippen LogP contribution in [0.1, 0.15) is 11.0 Å². The summed E-state index contributed by atoms with van der Waals surface area (Å²) in [4.78, 5) is 15.5. The summed E-state index contributed by atoms with van der Waals surface area (Å²) in [5.41, 5.74) is 5.72. The molecule has 4 aromatic heterocycles. The van der Waals surface area contributed by atoms with Crippen molar-refractivity contribution in [3.63, 3.8) is 0 Å². The first kappa shape index (κ1) is 28.4. The Bertz CT molecular complexity index is 4320. The van der Waals surface area contributed by atoms with Crippen molar-refractivity contribution in [1.29, 1.82) is 0 Å². The van der Waals surface area contributed by atoms with E-state index in [2.05, 4.69) is 30.3 Å². The molecule has 0 saturated carbocycles. The lowest BCUT2D eigenvalue weighted by Gasteiger charge is -2.17. The topological polar surface area (TPSA) is 48.5 Å². The second-order valence-electron chi connectivity index (χ2n) is 15.3. The van der Waals surface area contributed by atoms with Crippen LogP contribution in [0.3, 0.4) is 0 Å². The zero-order valence-electron chi connectivity index (χ0n) is 41.2. The average molecular weight is 830 g/mol. The number of benzene rings is 9. The first-order chi connectivity index (χ1) is 34.6. The van der Waals surface area contributed by atoms with Gasteiger partial charge in [-0.05, 0) is 65.6 Å². The van der Waals surface area contributed by atoms with Gasteiger partial charge in [-0.1, -0.05) is 158 Å². The number of para-hydroxylation sites is 3. The van der Waals surface area contributed by atoms with Crippen LogP contribution in [0.5, 0.6) is 0 Å². The molecule has 294 valence electrons. The number of hydrogen-bond donors (Lipinski definition) is 0. The van der Waals surface area contributed by atoms with Crippen LogP contribution >= 0.6 is 11.3 Å². The molecule has 13 rings (SSSR count). The summed E-state index contributed by atoms with van der Waals surface area (Å²) in [6.07, 6.45) is 0. The lowest BCUT2D eigenvalue weighted by atomic mass is 9.99. The van der Waals surface area contributed by atoms with Crippen molar-refractivity contribution in [1.82, 2.24) is 24.1 Å². The quantitative estimate of drug-likeness (QED) is 0.168. The number of hydrogen-bond acceptors (Lipinski definition) is 4. The molecular weight excluding hydrogens is 787 g/mol. The number of nitrogens with zero attached hydrogens (tertiary/aromatic N) is 5. The van der Waals surface area contributed by atoms with Gasteiger partial charge in [0.15, 0.2) is 17.5 Å². The molecule has 0 spiro atoms. The van der Waals surface area contributed by atoms with Gasteiger partial charge in [0.1, 0.15) is 0 Å².